The van der Waals surface area contributed by atoms with Gasteiger partial charge in [0.1, 0.15) is 0 Å². The molecule has 34 heavy (non-hydrogen) atoms. The van der Waals surface area contributed by atoms with Gasteiger partial charge < -0.3 is 10.1 Å². The summed E-state index contributed by atoms with van der Waals surface area (Å²) < 4.78 is 32.4. The molecule has 0 spiro atoms. The lowest BCUT2D eigenvalue weighted by Crippen LogP contribution is -2.21. The number of rotatable bonds is 8. The molecule has 0 fully saturated rings. The van der Waals surface area contributed by atoms with Crippen LogP contribution in [0.3, 0.4) is 0 Å². The van der Waals surface area contributed by atoms with Gasteiger partial charge in [-0.1, -0.05) is 23.8 Å². The number of ether oxygens (including phenoxy) is 1. The van der Waals surface area contributed by atoms with E-state index in [1.165, 1.54) is 42.5 Å². The summed E-state index contributed by atoms with van der Waals surface area (Å²) in [5.74, 6) is -1.52. The highest BCUT2D eigenvalue weighted by molar-refractivity contribution is 7.92. The second kappa shape index (κ2) is 10.1. The fourth-order valence-corrected chi connectivity index (χ4v) is 3.96. The van der Waals surface area contributed by atoms with Crippen molar-refractivity contribution in [3.05, 3.63) is 93.5 Å². The minimum absolute atomic E-state index is 0.0491. The van der Waals surface area contributed by atoms with Gasteiger partial charge in [-0.3, -0.25) is 19.6 Å². The van der Waals surface area contributed by atoms with Gasteiger partial charge in [0.05, 0.1) is 15.4 Å². The number of carbonyl (C=O) groups is 2. The van der Waals surface area contributed by atoms with E-state index in [0.29, 0.717) is 11.3 Å². The summed E-state index contributed by atoms with van der Waals surface area (Å²) in [5, 5.41) is 13.4. The van der Waals surface area contributed by atoms with E-state index in [9.17, 15) is 28.1 Å². The fourth-order valence-electron chi connectivity index (χ4n) is 2.90. The quantitative estimate of drug-likeness (QED) is 0.281. The minimum atomic E-state index is -3.86. The van der Waals surface area contributed by atoms with Crippen LogP contribution in [0.4, 0.5) is 17.1 Å². The summed E-state index contributed by atoms with van der Waals surface area (Å²) in [5.41, 5.74) is 1.91. The maximum Gasteiger partial charge on any atom is 0.338 e. The number of aryl methyl sites for hydroxylation is 2. The van der Waals surface area contributed by atoms with E-state index in [4.69, 9.17) is 4.74 Å². The van der Waals surface area contributed by atoms with Gasteiger partial charge in [-0.15, -0.1) is 0 Å². The summed E-state index contributed by atoms with van der Waals surface area (Å²) in [6.45, 7) is 2.82. The lowest BCUT2D eigenvalue weighted by atomic mass is 10.2. The third kappa shape index (κ3) is 6.17. The van der Waals surface area contributed by atoms with Crippen LogP contribution < -0.4 is 10.0 Å². The first-order chi connectivity index (χ1) is 16.0. The molecule has 0 saturated heterocycles. The number of hydrogen-bond acceptors (Lipinski definition) is 7. The number of nitrogens with zero attached hydrogens (tertiary/aromatic N) is 1. The molecule has 3 aromatic rings. The van der Waals surface area contributed by atoms with E-state index < -0.39 is 33.4 Å². The van der Waals surface area contributed by atoms with Crippen LogP contribution in [0.2, 0.25) is 0 Å². The molecule has 2 N–H and O–H groups in total. The zero-order valence-corrected chi connectivity index (χ0v) is 19.1. The number of anilines is 2. The van der Waals surface area contributed by atoms with Crippen molar-refractivity contribution in [2.75, 3.05) is 16.6 Å². The Morgan fingerprint density at radius 2 is 1.56 bits per heavy atom. The summed E-state index contributed by atoms with van der Waals surface area (Å²) >= 11 is 0. The van der Waals surface area contributed by atoms with Crippen molar-refractivity contribution >= 4 is 39.0 Å². The molecule has 0 aromatic heterocycles. The lowest BCUT2D eigenvalue weighted by molar-refractivity contribution is -0.385. The van der Waals surface area contributed by atoms with Crippen molar-refractivity contribution in [3.8, 4) is 0 Å². The van der Waals surface area contributed by atoms with Gasteiger partial charge in [-0.2, -0.15) is 0 Å². The second-order valence-corrected chi connectivity index (χ2v) is 9.06. The molecule has 11 heteroatoms. The number of sulfonamides is 1. The van der Waals surface area contributed by atoms with Crippen molar-refractivity contribution in [2.24, 2.45) is 0 Å². The zero-order chi connectivity index (χ0) is 24.9. The van der Waals surface area contributed by atoms with Crippen molar-refractivity contribution in [1.29, 1.82) is 0 Å². The third-order valence-electron chi connectivity index (χ3n) is 4.73. The minimum Gasteiger partial charge on any atom is -0.452 e. The summed E-state index contributed by atoms with van der Waals surface area (Å²) in [7, 11) is -3.86. The first kappa shape index (κ1) is 24.4. The highest BCUT2D eigenvalue weighted by Gasteiger charge is 2.17. The predicted octanol–water partition coefficient (Wildman–Crippen LogP) is 3.81. The van der Waals surface area contributed by atoms with Crippen LogP contribution in [-0.4, -0.2) is 31.8 Å². The van der Waals surface area contributed by atoms with Gasteiger partial charge in [-0.25, -0.2) is 13.2 Å². The number of hydrogen-bond donors (Lipinski definition) is 2. The van der Waals surface area contributed by atoms with Crippen LogP contribution in [0.1, 0.15) is 21.5 Å². The van der Waals surface area contributed by atoms with Gasteiger partial charge in [0, 0.05) is 23.0 Å². The number of benzene rings is 3. The number of nitro groups is 1. The van der Waals surface area contributed by atoms with Crippen molar-refractivity contribution in [2.45, 2.75) is 18.7 Å². The Kier molecular flexibility index (Phi) is 7.27. The standard InChI is InChI=1S/C23H21N3O7S/c1-15-3-8-18(9-4-15)25-34(31,32)20-11-6-17(7-12-20)23(28)33-14-22(27)24-19-10-5-16(2)21(13-19)26(29)30/h3-13,25H,14H2,1-2H3,(H,24,27). The highest BCUT2D eigenvalue weighted by atomic mass is 32.2. The molecule has 176 valence electrons. The second-order valence-electron chi connectivity index (χ2n) is 7.38. The van der Waals surface area contributed by atoms with Crippen molar-refractivity contribution in [1.82, 2.24) is 0 Å². The number of esters is 1. The van der Waals surface area contributed by atoms with Crippen molar-refractivity contribution < 1.29 is 27.7 Å². The number of nitrogens with one attached hydrogen (secondary N) is 2. The SMILES string of the molecule is Cc1ccc(NS(=O)(=O)c2ccc(C(=O)OCC(=O)Nc3ccc(C)c([N+](=O)[O-])c3)cc2)cc1. The molecule has 3 rings (SSSR count). The van der Waals surface area contributed by atoms with Gasteiger partial charge in [-0.05, 0) is 56.3 Å². The Morgan fingerprint density at radius 3 is 2.18 bits per heavy atom. The summed E-state index contributed by atoms with van der Waals surface area (Å²) in [4.78, 5) is 34.7. The normalized spacial score (nSPS) is 10.9. The summed E-state index contributed by atoms with van der Waals surface area (Å²) in [6, 6.07) is 16.0. The van der Waals surface area contributed by atoms with E-state index in [2.05, 4.69) is 10.0 Å². The average molecular weight is 484 g/mol. The average Bonchev–Trinajstić information content (AvgIpc) is 2.80. The zero-order valence-electron chi connectivity index (χ0n) is 18.3. The van der Waals surface area contributed by atoms with Crippen LogP contribution >= 0.6 is 0 Å². The lowest BCUT2D eigenvalue weighted by Gasteiger charge is -2.09. The van der Waals surface area contributed by atoms with Gasteiger partial charge in [0.15, 0.2) is 6.61 Å². The topological polar surface area (TPSA) is 145 Å². The maximum atomic E-state index is 12.5. The molecule has 3 aromatic carbocycles. The van der Waals surface area contributed by atoms with Crippen molar-refractivity contribution in [3.63, 3.8) is 0 Å². The molecular weight excluding hydrogens is 462 g/mol. The number of amides is 1. The summed E-state index contributed by atoms with van der Waals surface area (Å²) in [6.07, 6.45) is 0. The Hall–Kier alpha value is -4.25. The van der Waals surface area contributed by atoms with Gasteiger partial charge in [0.25, 0.3) is 21.6 Å². The number of nitro benzene ring substituents is 1. The molecule has 0 aliphatic rings. The first-order valence-electron chi connectivity index (χ1n) is 9.97. The molecular formula is C23H21N3O7S. The van der Waals surface area contributed by atoms with Crippen LogP contribution in [-0.2, 0) is 19.6 Å². The Balaban J connectivity index is 1.58. The Labute approximate surface area is 195 Å². The molecule has 0 saturated carbocycles. The molecule has 0 aliphatic heterocycles. The smallest absolute Gasteiger partial charge is 0.338 e. The molecule has 1 amide bonds. The van der Waals surface area contributed by atoms with Crippen LogP contribution in [0.5, 0.6) is 0 Å². The molecule has 0 atom stereocenters. The Bertz CT molecular complexity index is 1340. The molecule has 0 bridgehead atoms. The third-order valence-corrected chi connectivity index (χ3v) is 6.13. The monoisotopic (exact) mass is 483 g/mol. The Morgan fingerprint density at radius 1 is 0.941 bits per heavy atom. The van der Waals surface area contributed by atoms with E-state index in [1.807, 2.05) is 6.92 Å². The molecule has 0 aliphatic carbocycles. The van der Waals surface area contributed by atoms with E-state index in [-0.39, 0.29) is 21.8 Å². The highest BCUT2D eigenvalue weighted by Crippen LogP contribution is 2.22. The van der Waals surface area contributed by atoms with Crippen LogP contribution in [0, 0.1) is 24.0 Å². The van der Waals surface area contributed by atoms with E-state index >= 15 is 0 Å². The van der Waals surface area contributed by atoms with E-state index in [1.54, 1.807) is 31.2 Å². The number of carbonyl (C=O) groups excluding carboxylic acids is 2. The fraction of sp³-hybridized carbons (Fsp3) is 0.130. The first-order valence-corrected chi connectivity index (χ1v) is 11.4. The molecule has 0 radical (unpaired) electrons. The van der Waals surface area contributed by atoms with Gasteiger partial charge >= 0.3 is 5.97 Å². The van der Waals surface area contributed by atoms with Crippen LogP contribution in [0.15, 0.2) is 71.6 Å². The van der Waals surface area contributed by atoms with Crippen LogP contribution in [0.25, 0.3) is 0 Å². The van der Waals surface area contributed by atoms with Gasteiger partial charge in [0.2, 0.25) is 0 Å². The largest absolute Gasteiger partial charge is 0.452 e. The molecule has 0 heterocycles. The maximum absolute atomic E-state index is 12.5. The molecule has 10 nitrogen and oxygen atoms in total. The van der Waals surface area contributed by atoms with E-state index in [0.717, 1.165) is 5.56 Å². The molecule has 0 unspecified atom stereocenters. The predicted molar refractivity (Wildman–Crippen MR) is 125 cm³/mol.